The standard InChI is InChI=1S/C43H51N/c1-42(2,3)44(41-33(30-18-9-6-10-19-30)25-17-26-34(41)31-20-11-7-12-21-31)40-29-37-35-24-15-16-27-38(35)43(4,5)39(37)28-36(40)32-22-13-8-14-23-32/h6,9-10,15-19,24-29,31-32H,7-8,11-14,20-23H2,1-5H3. The molecule has 0 amide bonds. The van der Waals surface area contributed by atoms with Crippen molar-refractivity contribution in [1.29, 1.82) is 0 Å². The number of rotatable bonds is 5. The number of anilines is 2. The Bertz CT molecular complexity index is 1620. The van der Waals surface area contributed by atoms with Crippen molar-refractivity contribution in [3.63, 3.8) is 0 Å². The summed E-state index contributed by atoms with van der Waals surface area (Å²) >= 11 is 0. The molecule has 4 aromatic rings. The first-order valence-electron chi connectivity index (χ1n) is 17.5. The van der Waals surface area contributed by atoms with E-state index in [0.717, 1.165) is 0 Å². The van der Waals surface area contributed by atoms with E-state index in [4.69, 9.17) is 0 Å². The summed E-state index contributed by atoms with van der Waals surface area (Å²) < 4.78 is 0. The van der Waals surface area contributed by atoms with Crippen molar-refractivity contribution in [3.8, 4) is 22.3 Å². The van der Waals surface area contributed by atoms with Gasteiger partial charge in [0.05, 0.1) is 5.69 Å². The van der Waals surface area contributed by atoms with E-state index < -0.39 is 0 Å². The van der Waals surface area contributed by atoms with Gasteiger partial charge in [-0.25, -0.2) is 0 Å². The van der Waals surface area contributed by atoms with Crippen LogP contribution in [-0.4, -0.2) is 5.54 Å². The molecule has 0 spiro atoms. The smallest absolute Gasteiger partial charge is 0.0530 e. The fourth-order valence-electron chi connectivity index (χ4n) is 8.91. The lowest BCUT2D eigenvalue weighted by atomic mass is 9.77. The summed E-state index contributed by atoms with van der Waals surface area (Å²) in [4.78, 5) is 2.80. The Hall–Kier alpha value is -3.32. The number of nitrogens with zero attached hydrogens (tertiary/aromatic N) is 1. The van der Waals surface area contributed by atoms with Crippen LogP contribution in [0.4, 0.5) is 11.4 Å². The highest BCUT2D eigenvalue weighted by molar-refractivity contribution is 5.90. The number of hydrogen-bond acceptors (Lipinski definition) is 1. The molecule has 2 fully saturated rings. The highest BCUT2D eigenvalue weighted by Gasteiger charge is 2.39. The molecule has 1 heteroatoms. The number of benzene rings is 4. The lowest BCUT2D eigenvalue weighted by Crippen LogP contribution is -2.39. The maximum Gasteiger partial charge on any atom is 0.0530 e. The summed E-state index contributed by atoms with van der Waals surface area (Å²) in [5, 5.41) is 0. The van der Waals surface area contributed by atoms with Crippen LogP contribution >= 0.6 is 0 Å². The largest absolute Gasteiger partial charge is 0.335 e. The van der Waals surface area contributed by atoms with E-state index in [2.05, 4.69) is 124 Å². The molecule has 0 saturated heterocycles. The summed E-state index contributed by atoms with van der Waals surface area (Å²) in [5.74, 6) is 1.22. The van der Waals surface area contributed by atoms with Crippen LogP contribution in [0.25, 0.3) is 22.3 Å². The highest BCUT2D eigenvalue weighted by atomic mass is 15.2. The normalized spacial score (nSPS) is 18.6. The molecule has 0 aliphatic heterocycles. The van der Waals surface area contributed by atoms with Gasteiger partial charge in [0.1, 0.15) is 0 Å². The van der Waals surface area contributed by atoms with E-state index in [1.165, 1.54) is 109 Å². The van der Waals surface area contributed by atoms with Crippen molar-refractivity contribution in [2.45, 2.75) is 122 Å². The second-order valence-corrected chi connectivity index (χ2v) is 15.4. The van der Waals surface area contributed by atoms with E-state index >= 15 is 0 Å². The van der Waals surface area contributed by atoms with Crippen molar-refractivity contribution in [2.75, 3.05) is 4.90 Å². The molecule has 0 radical (unpaired) electrons. The number of para-hydroxylation sites is 1. The van der Waals surface area contributed by atoms with E-state index in [1.807, 2.05) is 0 Å². The second-order valence-electron chi connectivity index (χ2n) is 15.4. The molecule has 0 atom stereocenters. The van der Waals surface area contributed by atoms with Crippen LogP contribution < -0.4 is 4.90 Å². The molecule has 3 aliphatic rings. The average molecular weight is 582 g/mol. The van der Waals surface area contributed by atoms with Gasteiger partial charge in [0.15, 0.2) is 0 Å². The summed E-state index contributed by atoms with van der Waals surface area (Å²) in [6.45, 7) is 12.2. The lowest BCUT2D eigenvalue weighted by Gasteiger charge is -2.44. The fraction of sp³-hybridized carbons (Fsp3) is 0.442. The molecule has 3 aliphatic carbocycles. The zero-order valence-electron chi connectivity index (χ0n) is 27.8. The van der Waals surface area contributed by atoms with Crippen molar-refractivity contribution >= 4 is 11.4 Å². The molecule has 0 aromatic heterocycles. The molecule has 4 aromatic carbocycles. The Morgan fingerprint density at radius 2 is 1.16 bits per heavy atom. The molecular weight excluding hydrogens is 530 g/mol. The Labute approximate surface area is 266 Å². The summed E-state index contributed by atoms with van der Waals surface area (Å²) in [6.07, 6.45) is 13.3. The van der Waals surface area contributed by atoms with Crippen LogP contribution in [0.15, 0.2) is 84.9 Å². The number of fused-ring (bicyclic) bond motifs is 3. The molecule has 7 rings (SSSR count). The maximum atomic E-state index is 2.80. The van der Waals surface area contributed by atoms with Crippen LogP contribution in [-0.2, 0) is 5.41 Å². The van der Waals surface area contributed by atoms with Crippen molar-refractivity contribution in [1.82, 2.24) is 0 Å². The van der Waals surface area contributed by atoms with E-state index in [-0.39, 0.29) is 11.0 Å². The minimum absolute atomic E-state index is 0.00956. The Morgan fingerprint density at radius 1 is 0.568 bits per heavy atom. The number of hydrogen-bond donors (Lipinski definition) is 0. The maximum absolute atomic E-state index is 2.80. The van der Waals surface area contributed by atoms with Crippen LogP contribution in [0.5, 0.6) is 0 Å². The van der Waals surface area contributed by atoms with Gasteiger partial charge in [0, 0.05) is 22.2 Å². The summed E-state index contributed by atoms with van der Waals surface area (Å²) in [7, 11) is 0. The molecule has 228 valence electrons. The van der Waals surface area contributed by atoms with E-state index in [9.17, 15) is 0 Å². The van der Waals surface area contributed by atoms with Gasteiger partial charge in [-0.15, -0.1) is 0 Å². The predicted octanol–water partition coefficient (Wildman–Crippen LogP) is 12.7. The molecule has 0 heterocycles. The van der Waals surface area contributed by atoms with Gasteiger partial charge in [-0.3, -0.25) is 0 Å². The van der Waals surface area contributed by atoms with Crippen molar-refractivity contribution in [2.24, 2.45) is 0 Å². The van der Waals surface area contributed by atoms with Gasteiger partial charge in [-0.1, -0.05) is 131 Å². The fourth-order valence-corrected chi connectivity index (χ4v) is 8.91. The van der Waals surface area contributed by atoms with Gasteiger partial charge in [-0.05, 0) is 103 Å². The third-order valence-corrected chi connectivity index (χ3v) is 11.1. The third kappa shape index (κ3) is 5.11. The van der Waals surface area contributed by atoms with Gasteiger partial charge < -0.3 is 4.90 Å². The van der Waals surface area contributed by atoms with Crippen molar-refractivity contribution < 1.29 is 0 Å². The molecule has 1 nitrogen and oxygen atoms in total. The third-order valence-electron chi connectivity index (χ3n) is 11.1. The molecule has 0 bridgehead atoms. The van der Waals surface area contributed by atoms with Gasteiger partial charge in [0.2, 0.25) is 0 Å². The van der Waals surface area contributed by atoms with Crippen molar-refractivity contribution in [3.05, 3.63) is 107 Å². The predicted molar refractivity (Wildman–Crippen MR) is 189 cm³/mol. The molecule has 44 heavy (non-hydrogen) atoms. The SMILES string of the molecule is CC1(C)c2ccccc2-c2cc(N(c3c(-c4ccccc4)cccc3C3CCCCC3)C(C)(C)C)c(C3CCCCC3)cc21. The van der Waals surface area contributed by atoms with Crippen LogP contribution in [0, 0.1) is 0 Å². The van der Waals surface area contributed by atoms with Gasteiger partial charge >= 0.3 is 0 Å². The van der Waals surface area contributed by atoms with Crippen LogP contribution in [0.1, 0.15) is 133 Å². The van der Waals surface area contributed by atoms with Gasteiger partial charge in [-0.2, -0.15) is 0 Å². The molecule has 2 saturated carbocycles. The first-order chi connectivity index (χ1) is 21.2. The Balaban J connectivity index is 1.53. The van der Waals surface area contributed by atoms with Crippen LogP contribution in [0.2, 0.25) is 0 Å². The molecular formula is C43H51N. The quantitative estimate of drug-likeness (QED) is 0.227. The summed E-state index contributed by atoms with van der Waals surface area (Å²) in [6, 6.07) is 32.9. The summed E-state index contributed by atoms with van der Waals surface area (Å²) in [5.41, 5.74) is 14.4. The topological polar surface area (TPSA) is 3.24 Å². The first kappa shape index (κ1) is 29.4. The van der Waals surface area contributed by atoms with Gasteiger partial charge in [0.25, 0.3) is 0 Å². The first-order valence-corrected chi connectivity index (χ1v) is 17.5. The average Bonchev–Trinajstić information content (AvgIpc) is 3.27. The zero-order chi connectivity index (χ0) is 30.5. The zero-order valence-corrected chi connectivity index (χ0v) is 27.8. The monoisotopic (exact) mass is 581 g/mol. The van der Waals surface area contributed by atoms with E-state index in [1.54, 1.807) is 11.1 Å². The second kappa shape index (κ2) is 11.6. The lowest BCUT2D eigenvalue weighted by molar-refractivity contribution is 0.438. The Kier molecular flexibility index (Phi) is 7.72. The van der Waals surface area contributed by atoms with Crippen LogP contribution in [0.3, 0.4) is 0 Å². The molecule has 0 N–H and O–H groups in total. The highest BCUT2D eigenvalue weighted by Crippen LogP contribution is 2.55. The minimum atomic E-state index is -0.112. The minimum Gasteiger partial charge on any atom is -0.335 e. The molecule has 0 unspecified atom stereocenters. The van der Waals surface area contributed by atoms with E-state index in [0.29, 0.717) is 11.8 Å². The Morgan fingerprint density at radius 3 is 1.82 bits per heavy atom.